The Kier molecular flexibility index (Phi) is 36.2. The van der Waals surface area contributed by atoms with E-state index in [0.29, 0.717) is 24.1 Å². The molecule has 2 unspecified atom stereocenters. The average molecular weight is 759 g/mol. The van der Waals surface area contributed by atoms with Gasteiger partial charge in [-0.05, 0) is 64.2 Å². The number of nitrogens with zero attached hydrogens (tertiary/aromatic N) is 1. The minimum atomic E-state index is -4.27. The Morgan fingerprint density at radius 3 is 1.46 bits per heavy atom. The Balaban J connectivity index is 4.26. The lowest BCUT2D eigenvalue weighted by Gasteiger charge is -2.24. The summed E-state index contributed by atoms with van der Waals surface area (Å²) in [6, 6.07) is 0. The van der Waals surface area contributed by atoms with Gasteiger partial charge in [-0.1, -0.05) is 141 Å². The maximum Gasteiger partial charge on any atom is 0.472 e. The molecule has 0 aliphatic rings. The van der Waals surface area contributed by atoms with E-state index in [2.05, 4.69) is 38.2 Å². The van der Waals surface area contributed by atoms with Gasteiger partial charge in [-0.25, -0.2) is 4.57 Å². The highest BCUT2D eigenvalue weighted by Gasteiger charge is 2.26. The number of carbonyl (C=O) groups excluding carboxylic acids is 1. The molecule has 0 spiro atoms. The third-order valence-electron chi connectivity index (χ3n) is 9.24. The number of esters is 1. The largest absolute Gasteiger partial charge is 0.472 e. The van der Waals surface area contributed by atoms with Crippen LogP contribution in [0.1, 0.15) is 187 Å². The monoisotopic (exact) mass is 759 g/mol. The van der Waals surface area contributed by atoms with Crippen LogP contribution in [0.25, 0.3) is 0 Å². The minimum absolute atomic E-state index is 0.0869. The van der Waals surface area contributed by atoms with Gasteiger partial charge < -0.3 is 18.9 Å². The van der Waals surface area contributed by atoms with E-state index in [9.17, 15) is 14.3 Å². The van der Waals surface area contributed by atoms with E-state index in [1.165, 1.54) is 122 Å². The first-order chi connectivity index (χ1) is 25.1. The van der Waals surface area contributed by atoms with Crippen LogP contribution in [0.2, 0.25) is 0 Å². The topological polar surface area (TPSA) is 91.3 Å². The van der Waals surface area contributed by atoms with E-state index in [1.54, 1.807) is 0 Å². The summed E-state index contributed by atoms with van der Waals surface area (Å²) in [6.07, 6.45) is 40.6. The number of hydrogen-bond acceptors (Lipinski definition) is 6. The summed E-state index contributed by atoms with van der Waals surface area (Å²) in [5.74, 6) is -0.324. The SMILES string of the molecule is CCCCCCC/C=C\CCCCCCCC(=O)OC(COCCCCCCCC/C=C\CCCCCCCC)COP(=O)(O)OCC[N+](C)(C)C. The Labute approximate surface area is 322 Å². The maximum atomic E-state index is 12.7. The second-order valence-corrected chi connectivity index (χ2v) is 17.2. The first-order valence-corrected chi connectivity index (χ1v) is 23.1. The van der Waals surface area contributed by atoms with Gasteiger partial charge in [0.25, 0.3) is 0 Å². The molecule has 0 rings (SSSR count). The van der Waals surface area contributed by atoms with Crippen molar-refractivity contribution in [2.24, 2.45) is 0 Å². The second kappa shape index (κ2) is 36.9. The molecule has 2 atom stereocenters. The van der Waals surface area contributed by atoms with Gasteiger partial charge in [0.1, 0.15) is 19.3 Å². The van der Waals surface area contributed by atoms with Crippen LogP contribution in [0.15, 0.2) is 24.3 Å². The van der Waals surface area contributed by atoms with Gasteiger partial charge >= 0.3 is 13.8 Å². The quantitative estimate of drug-likeness (QED) is 0.0219. The molecule has 0 aromatic heterocycles. The lowest BCUT2D eigenvalue weighted by molar-refractivity contribution is -0.870. The molecular weight excluding hydrogens is 673 g/mol. The molecule has 1 N–H and O–H groups in total. The molecule has 9 heteroatoms. The average Bonchev–Trinajstić information content (AvgIpc) is 3.09. The number of ether oxygens (including phenoxy) is 2. The number of likely N-dealkylation sites (N-methyl/N-ethyl adjacent to an activating group) is 1. The van der Waals surface area contributed by atoms with Crippen molar-refractivity contribution in [2.75, 3.05) is 54.1 Å². The van der Waals surface area contributed by atoms with E-state index in [0.717, 1.165) is 44.9 Å². The highest BCUT2D eigenvalue weighted by atomic mass is 31.2. The van der Waals surface area contributed by atoms with Crippen LogP contribution in [0, 0.1) is 0 Å². The minimum Gasteiger partial charge on any atom is -0.457 e. The third kappa shape index (κ3) is 40.2. The fourth-order valence-electron chi connectivity index (χ4n) is 5.84. The number of hydrogen-bond donors (Lipinski definition) is 1. The van der Waals surface area contributed by atoms with Gasteiger partial charge in [0.05, 0.1) is 34.4 Å². The van der Waals surface area contributed by atoms with Crippen LogP contribution >= 0.6 is 7.82 Å². The lowest BCUT2D eigenvalue weighted by Crippen LogP contribution is -2.37. The Morgan fingerprint density at radius 1 is 0.577 bits per heavy atom. The summed E-state index contributed by atoms with van der Waals surface area (Å²) >= 11 is 0. The van der Waals surface area contributed by atoms with E-state index >= 15 is 0 Å². The highest BCUT2D eigenvalue weighted by molar-refractivity contribution is 7.47. The Morgan fingerprint density at radius 2 is 1.00 bits per heavy atom. The molecule has 0 aromatic carbocycles. The van der Waals surface area contributed by atoms with Crippen LogP contribution in [0.3, 0.4) is 0 Å². The van der Waals surface area contributed by atoms with Crippen molar-refractivity contribution in [1.29, 1.82) is 0 Å². The zero-order valence-corrected chi connectivity index (χ0v) is 35.7. The van der Waals surface area contributed by atoms with Gasteiger partial charge in [-0.2, -0.15) is 0 Å². The van der Waals surface area contributed by atoms with Crippen molar-refractivity contribution in [1.82, 2.24) is 0 Å². The van der Waals surface area contributed by atoms with Crippen LogP contribution in [0.5, 0.6) is 0 Å². The maximum absolute atomic E-state index is 12.7. The van der Waals surface area contributed by atoms with Crippen molar-refractivity contribution in [3.63, 3.8) is 0 Å². The predicted octanol–water partition coefficient (Wildman–Crippen LogP) is 12.4. The van der Waals surface area contributed by atoms with Gasteiger partial charge in [0.2, 0.25) is 0 Å². The molecule has 0 saturated heterocycles. The zero-order chi connectivity index (χ0) is 38.4. The van der Waals surface area contributed by atoms with E-state index < -0.39 is 13.9 Å². The molecule has 0 aliphatic heterocycles. The smallest absolute Gasteiger partial charge is 0.457 e. The van der Waals surface area contributed by atoms with Crippen molar-refractivity contribution in [3.8, 4) is 0 Å². The third-order valence-corrected chi connectivity index (χ3v) is 10.2. The Hall–Kier alpha value is -1.02. The van der Waals surface area contributed by atoms with E-state index in [-0.39, 0.29) is 25.8 Å². The molecule has 0 aliphatic carbocycles. The Bertz CT molecular complexity index is 889. The summed E-state index contributed by atoms with van der Waals surface area (Å²) < 4.78 is 34.9. The fraction of sp³-hybridized carbons (Fsp3) is 0.884. The molecule has 52 heavy (non-hydrogen) atoms. The second-order valence-electron chi connectivity index (χ2n) is 15.7. The van der Waals surface area contributed by atoms with Crippen molar-refractivity contribution in [3.05, 3.63) is 24.3 Å². The number of phosphoric ester groups is 1. The number of allylic oxidation sites excluding steroid dienone is 4. The molecule has 0 heterocycles. The first-order valence-electron chi connectivity index (χ1n) is 21.6. The van der Waals surface area contributed by atoms with Gasteiger partial charge in [-0.3, -0.25) is 13.8 Å². The standard InChI is InChI=1S/C43H84NO7P/c1-6-8-10-12-14-16-18-20-22-23-25-27-29-31-33-35-38-48-40-42(41-50-52(46,47)49-39-37-44(3,4)5)51-43(45)36-34-32-30-28-26-24-21-19-17-15-13-11-9-7-2/h19-22,42H,6-18,23-41H2,1-5H3/p+1/b21-19-,22-20-. The van der Waals surface area contributed by atoms with Crippen molar-refractivity contribution < 1.29 is 37.3 Å². The van der Waals surface area contributed by atoms with Crippen LogP contribution < -0.4 is 0 Å². The number of phosphoric acid groups is 1. The van der Waals surface area contributed by atoms with Crippen molar-refractivity contribution >= 4 is 13.8 Å². The summed E-state index contributed by atoms with van der Waals surface area (Å²) in [4.78, 5) is 22.8. The number of carbonyl (C=O) groups is 1. The summed E-state index contributed by atoms with van der Waals surface area (Å²) in [6.45, 7) is 5.60. The molecule has 0 aromatic rings. The van der Waals surface area contributed by atoms with Crippen LogP contribution in [-0.2, 0) is 27.9 Å². The van der Waals surface area contributed by atoms with Gasteiger partial charge in [-0.15, -0.1) is 0 Å². The van der Waals surface area contributed by atoms with Crippen molar-refractivity contribution in [2.45, 2.75) is 193 Å². The van der Waals surface area contributed by atoms with E-state index in [1.807, 2.05) is 21.1 Å². The zero-order valence-electron chi connectivity index (χ0n) is 34.8. The first kappa shape index (κ1) is 51.0. The van der Waals surface area contributed by atoms with Crippen LogP contribution in [0.4, 0.5) is 0 Å². The molecule has 0 amide bonds. The summed E-state index contributed by atoms with van der Waals surface area (Å²) in [7, 11) is 1.66. The van der Waals surface area contributed by atoms with Crippen LogP contribution in [-0.4, -0.2) is 75.6 Å². The van der Waals surface area contributed by atoms with Gasteiger partial charge in [0, 0.05) is 13.0 Å². The highest BCUT2D eigenvalue weighted by Crippen LogP contribution is 2.43. The fourth-order valence-corrected chi connectivity index (χ4v) is 6.58. The molecule has 0 saturated carbocycles. The molecule has 0 radical (unpaired) electrons. The summed E-state index contributed by atoms with van der Waals surface area (Å²) in [5.41, 5.74) is 0. The molecule has 0 fully saturated rings. The summed E-state index contributed by atoms with van der Waals surface area (Å²) in [5, 5.41) is 0. The molecule has 8 nitrogen and oxygen atoms in total. The molecular formula is C43H85NO7P+. The van der Waals surface area contributed by atoms with Gasteiger partial charge in [0.15, 0.2) is 0 Å². The number of quaternary nitrogens is 1. The predicted molar refractivity (Wildman–Crippen MR) is 220 cm³/mol. The number of unbranched alkanes of at least 4 members (excludes halogenated alkanes) is 22. The lowest BCUT2D eigenvalue weighted by atomic mass is 10.1. The molecule has 308 valence electrons. The molecule has 0 bridgehead atoms. The number of rotatable bonds is 40. The normalized spacial score (nSPS) is 14.0. The van der Waals surface area contributed by atoms with E-state index in [4.69, 9.17) is 18.5 Å².